The largest absolute Gasteiger partial charge is 0.486 e. The van der Waals surface area contributed by atoms with E-state index in [4.69, 9.17) is 4.74 Å². The van der Waals surface area contributed by atoms with Crippen molar-refractivity contribution in [2.75, 3.05) is 11.1 Å². The van der Waals surface area contributed by atoms with E-state index in [0.29, 0.717) is 11.0 Å². The summed E-state index contributed by atoms with van der Waals surface area (Å²) < 4.78 is 8.84. The zero-order valence-corrected chi connectivity index (χ0v) is 20.7. The summed E-state index contributed by atoms with van der Waals surface area (Å²) in [6, 6.07) is 23.5. The summed E-state index contributed by atoms with van der Waals surface area (Å²) in [5.41, 5.74) is 3.87. The van der Waals surface area contributed by atoms with Gasteiger partial charge in [0.1, 0.15) is 12.4 Å². The number of halogens is 1. The molecular formula is C25H23BrN4O2S. The van der Waals surface area contributed by atoms with E-state index < -0.39 is 0 Å². The van der Waals surface area contributed by atoms with Crippen molar-refractivity contribution in [1.29, 1.82) is 0 Å². The van der Waals surface area contributed by atoms with Gasteiger partial charge in [-0.2, -0.15) is 0 Å². The maximum absolute atomic E-state index is 12.6. The zero-order valence-electron chi connectivity index (χ0n) is 18.3. The smallest absolute Gasteiger partial charge is 0.234 e. The molecule has 0 spiro atoms. The Hall–Kier alpha value is -3.10. The number of ether oxygens (including phenoxy) is 1. The maximum atomic E-state index is 12.6. The molecule has 0 atom stereocenters. The number of aromatic nitrogens is 3. The third-order valence-electron chi connectivity index (χ3n) is 4.90. The first-order valence-corrected chi connectivity index (χ1v) is 12.2. The highest BCUT2D eigenvalue weighted by Gasteiger charge is 2.17. The number of hydrogen-bond donors (Lipinski definition) is 1. The van der Waals surface area contributed by atoms with Crippen molar-refractivity contribution in [3.8, 4) is 11.4 Å². The van der Waals surface area contributed by atoms with Gasteiger partial charge >= 0.3 is 0 Å². The Labute approximate surface area is 205 Å². The van der Waals surface area contributed by atoms with E-state index in [1.807, 2.05) is 91.2 Å². The third kappa shape index (κ3) is 6.03. The third-order valence-corrected chi connectivity index (χ3v) is 6.32. The molecule has 0 aliphatic rings. The van der Waals surface area contributed by atoms with Gasteiger partial charge in [-0.15, -0.1) is 10.2 Å². The minimum absolute atomic E-state index is 0.106. The molecule has 0 saturated carbocycles. The van der Waals surface area contributed by atoms with Crippen molar-refractivity contribution in [1.82, 2.24) is 14.8 Å². The molecule has 33 heavy (non-hydrogen) atoms. The molecule has 1 N–H and O–H groups in total. The van der Waals surface area contributed by atoms with Gasteiger partial charge in [0.2, 0.25) is 5.91 Å². The molecule has 1 amide bonds. The quantitative estimate of drug-likeness (QED) is 0.289. The van der Waals surface area contributed by atoms with E-state index in [0.717, 1.165) is 27.2 Å². The molecule has 168 valence electrons. The van der Waals surface area contributed by atoms with Crippen LogP contribution < -0.4 is 10.1 Å². The second kappa shape index (κ2) is 10.7. The first-order chi connectivity index (χ1) is 16.0. The van der Waals surface area contributed by atoms with Crippen LogP contribution in [0.3, 0.4) is 0 Å². The summed E-state index contributed by atoms with van der Waals surface area (Å²) in [5, 5.41) is 12.3. The molecule has 6 nitrogen and oxygen atoms in total. The van der Waals surface area contributed by atoms with Gasteiger partial charge in [-0.1, -0.05) is 63.6 Å². The zero-order chi connectivity index (χ0) is 23.2. The van der Waals surface area contributed by atoms with Gasteiger partial charge in [0.25, 0.3) is 0 Å². The Morgan fingerprint density at radius 2 is 1.79 bits per heavy atom. The summed E-state index contributed by atoms with van der Waals surface area (Å²) in [7, 11) is 0. The predicted octanol–water partition coefficient (Wildman–Crippen LogP) is 5.96. The van der Waals surface area contributed by atoms with Crippen molar-refractivity contribution in [3.05, 3.63) is 94.2 Å². The van der Waals surface area contributed by atoms with Crippen molar-refractivity contribution in [2.45, 2.75) is 25.6 Å². The molecule has 1 aromatic heterocycles. The van der Waals surface area contributed by atoms with Crippen LogP contribution in [0.15, 0.2) is 82.4 Å². The van der Waals surface area contributed by atoms with E-state index in [1.54, 1.807) is 0 Å². The average Bonchev–Trinajstić information content (AvgIpc) is 3.22. The number of para-hydroxylation sites is 1. The van der Waals surface area contributed by atoms with Crippen molar-refractivity contribution < 1.29 is 9.53 Å². The first-order valence-electron chi connectivity index (χ1n) is 10.4. The van der Waals surface area contributed by atoms with Gasteiger partial charge in [-0.3, -0.25) is 9.36 Å². The number of aryl methyl sites for hydroxylation is 2. The molecule has 0 radical (unpaired) electrons. The van der Waals surface area contributed by atoms with Crippen LogP contribution in [0.2, 0.25) is 0 Å². The van der Waals surface area contributed by atoms with Crippen LogP contribution in [-0.2, 0) is 11.4 Å². The lowest BCUT2D eigenvalue weighted by molar-refractivity contribution is -0.113. The highest BCUT2D eigenvalue weighted by atomic mass is 79.9. The molecule has 0 fully saturated rings. The number of hydrogen-bond acceptors (Lipinski definition) is 5. The van der Waals surface area contributed by atoms with Crippen LogP contribution in [0.1, 0.15) is 17.0 Å². The minimum Gasteiger partial charge on any atom is -0.486 e. The fraction of sp³-hybridized carbons (Fsp3) is 0.160. The molecule has 0 aliphatic heterocycles. The van der Waals surface area contributed by atoms with E-state index in [9.17, 15) is 4.79 Å². The Balaban J connectivity index is 1.49. The van der Waals surface area contributed by atoms with E-state index in [2.05, 4.69) is 31.4 Å². The second-order valence-corrected chi connectivity index (χ2v) is 9.33. The van der Waals surface area contributed by atoms with Crippen molar-refractivity contribution >= 4 is 39.3 Å². The van der Waals surface area contributed by atoms with Crippen LogP contribution in [0.4, 0.5) is 5.69 Å². The van der Waals surface area contributed by atoms with Crippen LogP contribution in [0.5, 0.6) is 5.75 Å². The number of carbonyl (C=O) groups is 1. The van der Waals surface area contributed by atoms with E-state index in [1.165, 1.54) is 17.3 Å². The molecule has 4 rings (SSSR count). The Morgan fingerprint density at radius 1 is 1.03 bits per heavy atom. The fourth-order valence-electron chi connectivity index (χ4n) is 3.19. The van der Waals surface area contributed by atoms with E-state index >= 15 is 0 Å². The number of benzene rings is 3. The summed E-state index contributed by atoms with van der Waals surface area (Å²) in [6.45, 7) is 4.25. The second-order valence-electron chi connectivity index (χ2n) is 7.47. The van der Waals surface area contributed by atoms with Gasteiger partial charge < -0.3 is 10.1 Å². The van der Waals surface area contributed by atoms with Gasteiger partial charge in [0.15, 0.2) is 11.0 Å². The fourth-order valence-corrected chi connectivity index (χ4v) is 4.44. The molecule has 0 bridgehead atoms. The number of nitrogens with zero attached hydrogens (tertiary/aromatic N) is 3. The highest BCUT2D eigenvalue weighted by molar-refractivity contribution is 9.10. The molecule has 3 aromatic carbocycles. The molecule has 0 unspecified atom stereocenters. The molecule has 0 saturated heterocycles. The van der Waals surface area contributed by atoms with Gasteiger partial charge in [-0.05, 0) is 61.9 Å². The standard InChI is InChI=1S/C25H23BrN4O2S/c1-17-8-11-21(12-9-17)32-15-23-28-29-25(30(23)20-6-4-3-5-7-20)33-16-24(31)27-22-13-10-19(26)14-18(22)2/h3-14H,15-16H2,1-2H3,(H,27,31). The average molecular weight is 523 g/mol. The van der Waals surface area contributed by atoms with Gasteiger partial charge in [0.05, 0.1) is 5.75 Å². The van der Waals surface area contributed by atoms with Crippen LogP contribution >= 0.6 is 27.7 Å². The Bertz CT molecular complexity index is 1240. The predicted molar refractivity (Wildman–Crippen MR) is 135 cm³/mol. The van der Waals surface area contributed by atoms with Crippen LogP contribution in [0, 0.1) is 13.8 Å². The Morgan fingerprint density at radius 3 is 2.52 bits per heavy atom. The summed E-state index contributed by atoms with van der Waals surface area (Å²) in [5.74, 6) is 1.53. The topological polar surface area (TPSA) is 69.0 Å². The van der Waals surface area contributed by atoms with Crippen LogP contribution in [-0.4, -0.2) is 26.4 Å². The lowest BCUT2D eigenvalue weighted by Gasteiger charge is -2.12. The van der Waals surface area contributed by atoms with Crippen molar-refractivity contribution in [3.63, 3.8) is 0 Å². The number of nitrogens with one attached hydrogen (secondary N) is 1. The summed E-state index contributed by atoms with van der Waals surface area (Å²) in [6.07, 6.45) is 0. The first kappa shape index (κ1) is 23.1. The molecular weight excluding hydrogens is 500 g/mol. The summed E-state index contributed by atoms with van der Waals surface area (Å²) in [4.78, 5) is 12.6. The monoisotopic (exact) mass is 522 g/mol. The number of rotatable bonds is 8. The van der Waals surface area contributed by atoms with Gasteiger partial charge in [0, 0.05) is 15.8 Å². The van der Waals surface area contributed by atoms with Crippen LogP contribution in [0.25, 0.3) is 5.69 Å². The molecule has 1 heterocycles. The SMILES string of the molecule is Cc1ccc(OCc2nnc(SCC(=O)Nc3ccc(Br)cc3C)n2-c2ccccc2)cc1. The lowest BCUT2D eigenvalue weighted by atomic mass is 10.2. The number of amides is 1. The highest BCUT2D eigenvalue weighted by Crippen LogP contribution is 2.24. The number of thioether (sulfide) groups is 1. The maximum Gasteiger partial charge on any atom is 0.234 e. The summed E-state index contributed by atoms with van der Waals surface area (Å²) >= 11 is 4.78. The van der Waals surface area contributed by atoms with E-state index in [-0.39, 0.29) is 18.3 Å². The number of anilines is 1. The Kier molecular flexibility index (Phi) is 7.47. The molecule has 8 heteroatoms. The molecule has 0 aliphatic carbocycles. The lowest BCUT2D eigenvalue weighted by Crippen LogP contribution is -2.15. The normalized spacial score (nSPS) is 10.8. The number of carbonyl (C=O) groups excluding carboxylic acids is 1. The minimum atomic E-state index is -0.106. The van der Waals surface area contributed by atoms with Gasteiger partial charge in [-0.25, -0.2) is 0 Å². The van der Waals surface area contributed by atoms with Crippen molar-refractivity contribution in [2.24, 2.45) is 0 Å². The molecule has 4 aromatic rings.